The maximum absolute atomic E-state index is 12.5. The van der Waals surface area contributed by atoms with Crippen molar-refractivity contribution in [2.75, 3.05) is 20.8 Å². The molecule has 0 radical (unpaired) electrons. The van der Waals surface area contributed by atoms with Gasteiger partial charge >= 0.3 is 5.97 Å². The van der Waals surface area contributed by atoms with E-state index < -0.39 is 11.6 Å². The second-order valence-corrected chi connectivity index (χ2v) is 6.09. The van der Waals surface area contributed by atoms with Crippen molar-refractivity contribution in [1.82, 2.24) is 10.2 Å². The van der Waals surface area contributed by atoms with Gasteiger partial charge in [-0.1, -0.05) is 12.1 Å². The molecule has 0 unspecified atom stereocenters. The number of hydrogen-bond donors (Lipinski definition) is 1. The highest BCUT2D eigenvalue weighted by molar-refractivity contribution is 7.80. The molecule has 7 heteroatoms. The molecule has 2 aliphatic rings. The maximum Gasteiger partial charge on any atom is 0.317 e. The van der Waals surface area contributed by atoms with Crippen molar-refractivity contribution >= 4 is 23.3 Å². The number of methoxy groups -OCH3 is 2. The summed E-state index contributed by atoms with van der Waals surface area (Å²) in [6, 6.07) is 5.30. The van der Waals surface area contributed by atoms with Gasteiger partial charge in [-0.25, -0.2) is 0 Å². The number of hydrogen-bond acceptors (Lipinski definition) is 5. The third kappa shape index (κ3) is 2.14. The molecule has 0 spiro atoms. The number of carbonyl (C=O) groups excluding carboxylic acids is 1. The first-order valence-electron chi connectivity index (χ1n) is 7.49. The highest BCUT2D eigenvalue weighted by Gasteiger charge is 2.59. The minimum atomic E-state index is -0.934. The summed E-state index contributed by atoms with van der Waals surface area (Å²) < 4.78 is 16.7. The third-order valence-electron chi connectivity index (χ3n) is 4.61. The van der Waals surface area contributed by atoms with Crippen LogP contribution in [0, 0.1) is 5.92 Å². The highest BCUT2D eigenvalue weighted by atomic mass is 32.1. The van der Waals surface area contributed by atoms with E-state index in [4.69, 9.17) is 26.4 Å². The smallest absolute Gasteiger partial charge is 0.317 e. The quantitative estimate of drug-likeness (QED) is 0.667. The van der Waals surface area contributed by atoms with Gasteiger partial charge in [-0.05, 0) is 32.1 Å². The Bertz CT molecular complexity index is 665. The van der Waals surface area contributed by atoms with Crippen LogP contribution in [0.2, 0.25) is 0 Å². The predicted octanol–water partition coefficient (Wildman–Crippen LogP) is 1.84. The number of benzene rings is 1. The largest absolute Gasteiger partial charge is 0.493 e. The first-order chi connectivity index (χ1) is 11.0. The van der Waals surface area contributed by atoms with Crippen LogP contribution in [-0.2, 0) is 9.53 Å². The minimum Gasteiger partial charge on any atom is -0.493 e. The summed E-state index contributed by atoms with van der Waals surface area (Å²) in [4.78, 5) is 14.3. The lowest BCUT2D eigenvalue weighted by Gasteiger charge is -2.55. The first-order valence-corrected chi connectivity index (χ1v) is 7.90. The molecule has 6 nitrogen and oxygen atoms in total. The Hall–Kier alpha value is -2.02. The van der Waals surface area contributed by atoms with Crippen LogP contribution in [0.4, 0.5) is 0 Å². The van der Waals surface area contributed by atoms with Crippen LogP contribution in [0.15, 0.2) is 18.2 Å². The van der Waals surface area contributed by atoms with Gasteiger partial charge < -0.3 is 24.4 Å². The number of ether oxygens (including phenoxy) is 3. The summed E-state index contributed by atoms with van der Waals surface area (Å²) in [5, 5.41) is 3.83. The number of thiocarbonyl (C=S) groups is 1. The van der Waals surface area contributed by atoms with Crippen LogP contribution in [0.1, 0.15) is 25.5 Å². The SMILES string of the molecule is CCN1C(=S)N[C@H]2c3cccc(OC)c3O[C@@]1(C)[C@H]2C(=O)OC. The summed E-state index contributed by atoms with van der Waals surface area (Å²) in [6.45, 7) is 4.44. The lowest BCUT2D eigenvalue weighted by molar-refractivity contribution is -0.172. The fraction of sp³-hybridized carbons (Fsp3) is 0.500. The second-order valence-electron chi connectivity index (χ2n) is 5.71. The maximum atomic E-state index is 12.5. The summed E-state index contributed by atoms with van der Waals surface area (Å²) in [5.41, 5.74) is -0.0912. The van der Waals surface area contributed by atoms with E-state index in [0.717, 1.165) is 5.56 Å². The number of carbonyl (C=O) groups is 1. The monoisotopic (exact) mass is 336 g/mol. The average Bonchev–Trinajstić information content (AvgIpc) is 2.53. The van der Waals surface area contributed by atoms with Crippen molar-refractivity contribution in [1.29, 1.82) is 0 Å². The van der Waals surface area contributed by atoms with Gasteiger partial charge in [0.05, 0.1) is 20.3 Å². The Morgan fingerprint density at radius 2 is 2.22 bits per heavy atom. The number of rotatable bonds is 3. The molecule has 1 N–H and O–H groups in total. The fourth-order valence-electron chi connectivity index (χ4n) is 3.54. The molecule has 0 saturated carbocycles. The van der Waals surface area contributed by atoms with Crippen molar-refractivity contribution in [3.63, 3.8) is 0 Å². The summed E-state index contributed by atoms with van der Waals surface area (Å²) in [7, 11) is 2.98. The molecule has 0 aliphatic carbocycles. The van der Waals surface area contributed by atoms with Gasteiger partial charge in [-0.2, -0.15) is 0 Å². The Labute approximate surface area is 140 Å². The van der Waals surface area contributed by atoms with Gasteiger partial charge in [-0.3, -0.25) is 4.79 Å². The van der Waals surface area contributed by atoms with E-state index in [1.165, 1.54) is 7.11 Å². The van der Waals surface area contributed by atoms with E-state index >= 15 is 0 Å². The van der Waals surface area contributed by atoms with Crippen LogP contribution in [-0.4, -0.2) is 42.5 Å². The standard InChI is InChI=1S/C16H20N2O4S/c1-5-18-15(23)17-12-9-7-6-8-10(20-3)13(9)22-16(18,2)11(12)14(19)21-4/h6-8,11-12H,5H2,1-4H3,(H,17,23)/t11-,12+,16+/m1/s1. The van der Waals surface area contributed by atoms with Crippen molar-refractivity contribution in [3.05, 3.63) is 23.8 Å². The summed E-state index contributed by atoms with van der Waals surface area (Å²) in [5.74, 6) is 0.391. The predicted molar refractivity (Wildman–Crippen MR) is 88.4 cm³/mol. The Balaban J connectivity index is 2.21. The Morgan fingerprint density at radius 1 is 1.48 bits per heavy atom. The zero-order chi connectivity index (χ0) is 16.8. The molecule has 23 heavy (non-hydrogen) atoms. The highest BCUT2D eigenvalue weighted by Crippen LogP contribution is 2.51. The molecule has 1 aromatic rings. The zero-order valence-electron chi connectivity index (χ0n) is 13.6. The molecule has 0 aromatic heterocycles. The van der Waals surface area contributed by atoms with Crippen molar-refractivity contribution in [2.45, 2.75) is 25.6 Å². The molecule has 2 bridgehead atoms. The number of para-hydroxylation sites is 1. The second kappa shape index (κ2) is 5.56. The van der Waals surface area contributed by atoms with Crippen LogP contribution < -0.4 is 14.8 Å². The van der Waals surface area contributed by atoms with Gasteiger partial charge in [0.1, 0.15) is 5.92 Å². The van der Waals surface area contributed by atoms with E-state index in [-0.39, 0.29) is 12.0 Å². The lowest BCUT2D eigenvalue weighted by atomic mass is 9.79. The zero-order valence-corrected chi connectivity index (χ0v) is 14.4. The number of nitrogens with one attached hydrogen (secondary N) is 1. The Kier molecular flexibility index (Phi) is 3.83. The van der Waals surface area contributed by atoms with E-state index in [1.54, 1.807) is 7.11 Å². The van der Waals surface area contributed by atoms with Crippen LogP contribution in [0.5, 0.6) is 11.5 Å². The Morgan fingerprint density at radius 3 is 2.83 bits per heavy atom. The molecule has 124 valence electrons. The molecular formula is C16H20N2O4S. The van der Waals surface area contributed by atoms with Gasteiger partial charge in [0.15, 0.2) is 22.3 Å². The number of esters is 1. The molecule has 2 heterocycles. The van der Waals surface area contributed by atoms with Gasteiger partial charge in [0, 0.05) is 12.1 Å². The fourth-order valence-corrected chi connectivity index (χ4v) is 3.98. The van der Waals surface area contributed by atoms with Gasteiger partial charge in [0.2, 0.25) is 0 Å². The van der Waals surface area contributed by atoms with E-state index in [9.17, 15) is 4.79 Å². The van der Waals surface area contributed by atoms with Crippen molar-refractivity contribution < 1.29 is 19.0 Å². The van der Waals surface area contributed by atoms with Crippen LogP contribution in [0.3, 0.4) is 0 Å². The number of nitrogens with zero attached hydrogens (tertiary/aromatic N) is 1. The average molecular weight is 336 g/mol. The molecule has 2 aliphatic heterocycles. The van der Waals surface area contributed by atoms with E-state index in [1.807, 2.05) is 36.9 Å². The molecule has 3 rings (SSSR count). The molecule has 1 saturated heterocycles. The number of fused-ring (bicyclic) bond motifs is 4. The van der Waals surface area contributed by atoms with Crippen LogP contribution in [0.25, 0.3) is 0 Å². The molecule has 0 amide bonds. The van der Waals surface area contributed by atoms with E-state index in [2.05, 4.69) is 5.32 Å². The van der Waals surface area contributed by atoms with Gasteiger partial charge in [-0.15, -0.1) is 0 Å². The van der Waals surface area contributed by atoms with E-state index in [0.29, 0.717) is 23.2 Å². The molecule has 1 aromatic carbocycles. The van der Waals surface area contributed by atoms with Crippen molar-refractivity contribution in [3.8, 4) is 11.5 Å². The lowest BCUT2D eigenvalue weighted by Crippen LogP contribution is -2.71. The molecular weight excluding hydrogens is 316 g/mol. The van der Waals surface area contributed by atoms with Gasteiger partial charge in [0.25, 0.3) is 0 Å². The summed E-state index contributed by atoms with van der Waals surface area (Å²) >= 11 is 5.47. The van der Waals surface area contributed by atoms with Crippen molar-refractivity contribution in [2.24, 2.45) is 5.92 Å². The topological polar surface area (TPSA) is 60.0 Å². The first kappa shape index (κ1) is 15.9. The third-order valence-corrected chi connectivity index (χ3v) is 4.95. The molecule has 1 fully saturated rings. The normalized spacial score (nSPS) is 28.3. The summed E-state index contributed by atoms with van der Waals surface area (Å²) in [6.07, 6.45) is 0. The minimum absolute atomic E-state index is 0.318. The molecule has 3 atom stereocenters. The van der Waals surface area contributed by atoms with Crippen LogP contribution >= 0.6 is 12.2 Å².